The zero-order valence-electron chi connectivity index (χ0n) is 12.4. The molecule has 1 unspecified atom stereocenters. The summed E-state index contributed by atoms with van der Waals surface area (Å²) in [6, 6.07) is 8.25. The van der Waals surface area contributed by atoms with Crippen LogP contribution in [0, 0.1) is 0 Å². The molecular weight excluding hydrogens is 252 g/mol. The predicted octanol–water partition coefficient (Wildman–Crippen LogP) is 1.68. The summed E-state index contributed by atoms with van der Waals surface area (Å²) in [5, 5.41) is 0. The molecule has 2 N–H and O–H groups in total. The Kier molecular flexibility index (Phi) is 6.30. The lowest BCUT2D eigenvalue weighted by atomic mass is 10.1. The zero-order valence-corrected chi connectivity index (χ0v) is 12.4. The molecule has 1 aromatic rings. The van der Waals surface area contributed by atoms with Crippen molar-refractivity contribution in [3.05, 3.63) is 29.8 Å². The molecule has 1 fully saturated rings. The van der Waals surface area contributed by atoms with Gasteiger partial charge in [-0.1, -0.05) is 12.1 Å². The Morgan fingerprint density at radius 3 is 2.90 bits per heavy atom. The lowest BCUT2D eigenvalue weighted by molar-refractivity contribution is 0.0326. The van der Waals surface area contributed by atoms with Crippen molar-refractivity contribution < 1.29 is 9.47 Å². The summed E-state index contributed by atoms with van der Waals surface area (Å²) in [5.41, 5.74) is 6.83. The summed E-state index contributed by atoms with van der Waals surface area (Å²) in [4.78, 5) is 2.44. The second-order valence-electron chi connectivity index (χ2n) is 5.36. The van der Waals surface area contributed by atoms with Crippen LogP contribution in [0.4, 0.5) is 0 Å². The fourth-order valence-corrected chi connectivity index (χ4v) is 2.42. The predicted molar refractivity (Wildman–Crippen MR) is 81.2 cm³/mol. The molecule has 1 aromatic carbocycles. The van der Waals surface area contributed by atoms with E-state index < -0.39 is 0 Å². The molecule has 1 saturated heterocycles. The number of hydrogen-bond donors (Lipinski definition) is 1. The quantitative estimate of drug-likeness (QED) is 0.824. The molecule has 1 aliphatic heterocycles. The number of benzene rings is 1. The Hall–Kier alpha value is -1.10. The van der Waals surface area contributed by atoms with E-state index in [9.17, 15) is 0 Å². The molecule has 0 bridgehead atoms. The summed E-state index contributed by atoms with van der Waals surface area (Å²) in [6.45, 7) is 7.68. The molecular formula is C16H26N2O2. The van der Waals surface area contributed by atoms with Crippen LogP contribution in [0.15, 0.2) is 24.3 Å². The second-order valence-corrected chi connectivity index (χ2v) is 5.36. The lowest BCUT2D eigenvalue weighted by Gasteiger charge is -2.27. The Morgan fingerprint density at radius 1 is 1.35 bits per heavy atom. The Bertz CT molecular complexity index is 392. The van der Waals surface area contributed by atoms with Gasteiger partial charge in [0.1, 0.15) is 5.75 Å². The van der Waals surface area contributed by atoms with E-state index in [2.05, 4.69) is 24.0 Å². The average Bonchev–Trinajstić information content (AvgIpc) is 2.47. The number of nitrogens with two attached hydrogens (primary N) is 1. The van der Waals surface area contributed by atoms with Crippen molar-refractivity contribution in [2.45, 2.75) is 25.9 Å². The van der Waals surface area contributed by atoms with E-state index in [1.807, 2.05) is 12.1 Å². The normalized spacial score (nSPS) is 17.9. The van der Waals surface area contributed by atoms with Gasteiger partial charge < -0.3 is 15.2 Å². The maximum atomic E-state index is 5.99. The monoisotopic (exact) mass is 278 g/mol. The summed E-state index contributed by atoms with van der Waals surface area (Å²) >= 11 is 0. The van der Waals surface area contributed by atoms with Crippen LogP contribution in [0.5, 0.6) is 5.75 Å². The average molecular weight is 278 g/mol. The smallest absolute Gasteiger partial charge is 0.119 e. The number of morpholine rings is 1. The van der Waals surface area contributed by atoms with Crippen molar-refractivity contribution in [1.82, 2.24) is 4.90 Å². The Balaban J connectivity index is 1.75. The summed E-state index contributed by atoms with van der Waals surface area (Å²) < 4.78 is 11.3. The third-order valence-electron chi connectivity index (χ3n) is 3.62. The van der Waals surface area contributed by atoms with Gasteiger partial charge in [-0.15, -0.1) is 0 Å². The first kappa shape index (κ1) is 15.3. The number of nitrogens with zero attached hydrogens (tertiary/aromatic N) is 1. The van der Waals surface area contributed by atoms with Crippen LogP contribution in [-0.4, -0.2) is 50.4 Å². The highest BCUT2D eigenvalue weighted by Crippen LogP contribution is 2.16. The van der Waals surface area contributed by atoms with Crippen molar-refractivity contribution in [3.63, 3.8) is 0 Å². The maximum Gasteiger partial charge on any atom is 0.119 e. The van der Waals surface area contributed by atoms with E-state index in [0.29, 0.717) is 6.54 Å². The first-order valence-corrected chi connectivity index (χ1v) is 7.53. The number of hydrogen-bond acceptors (Lipinski definition) is 4. The van der Waals surface area contributed by atoms with Crippen LogP contribution in [0.3, 0.4) is 0 Å². The Labute approximate surface area is 121 Å². The highest BCUT2D eigenvalue weighted by Gasteiger charge is 2.12. The molecule has 2 rings (SSSR count). The van der Waals surface area contributed by atoms with E-state index in [1.165, 1.54) is 5.56 Å². The molecule has 1 heterocycles. The van der Waals surface area contributed by atoms with Crippen molar-refractivity contribution in [1.29, 1.82) is 0 Å². The largest absolute Gasteiger partial charge is 0.491 e. The van der Waals surface area contributed by atoms with Crippen LogP contribution >= 0.6 is 0 Å². The SMILES string of the molecule is CC(CCN1CCOCC1)Oc1cccc(CCN)c1. The third-order valence-corrected chi connectivity index (χ3v) is 3.62. The molecule has 0 saturated carbocycles. The van der Waals surface area contributed by atoms with Gasteiger partial charge in [0.05, 0.1) is 19.3 Å². The van der Waals surface area contributed by atoms with Crippen molar-refractivity contribution >= 4 is 0 Å². The first-order valence-electron chi connectivity index (χ1n) is 7.53. The van der Waals surface area contributed by atoms with Crippen LogP contribution in [0.2, 0.25) is 0 Å². The van der Waals surface area contributed by atoms with Crippen LogP contribution in [0.1, 0.15) is 18.9 Å². The van der Waals surface area contributed by atoms with Crippen molar-refractivity contribution in [2.75, 3.05) is 39.4 Å². The van der Waals surface area contributed by atoms with E-state index in [4.69, 9.17) is 15.2 Å². The Morgan fingerprint density at radius 2 is 2.15 bits per heavy atom. The van der Waals surface area contributed by atoms with E-state index >= 15 is 0 Å². The highest BCUT2D eigenvalue weighted by atomic mass is 16.5. The zero-order chi connectivity index (χ0) is 14.2. The number of rotatable bonds is 7. The van der Waals surface area contributed by atoms with Gasteiger partial charge in [0, 0.05) is 19.6 Å². The molecule has 1 atom stereocenters. The third kappa shape index (κ3) is 5.12. The molecule has 1 aliphatic rings. The van der Waals surface area contributed by atoms with Gasteiger partial charge >= 0.3 is 0 Å². The number of ether oxygens (including phenoxy) is 2. The summed E-state index contributed by atoms with van der Waals surface area (Å²) in [5.74, 6) is 0.949. The first-order chi connectivity index (χ1) is 9.78. The molecule has 0 aliphatic carbocycles. The maximum absolute atomic E-state index is 5.99. The van der Waals surface area contributed by atoms with Crippen LogP contribution < -0.4 is 10.5 Å². The van der Waals surface area contributed by atoms with Gasteiger partial charge in [-0.25, -0.2) is 0 Å². The molecule has 112 valence electrons. The molecule has 4 heteroatoms. The standard InChI is InChI=1S/C16H26N2O2/c1-14(6-8-18-9-11-19-12-10-18)20-16-4-2-3-15(13-16)5-7-17/h2-4,13-14H,5-12,17H2,1H3. The van der Waals surface area contributed by atoms with E-state index in [0.717, 1.165) is 51.4 Å². The minimum absolute atomic E-state index is 0.228. The fourth-order valence-electron chi connectivity index (χ4n) is 2.42. The van der Waals surface area contributed by atoms with Gasteiger partial charge in [-0.2, -0.15) is 0 Å². The van der Waals surface area contributed by atoms with E-state index in [1.54, 1.807) is 0 Å². The van der Waals surface area contributed by atoms with Gasteiger partial charge in [0.2, 0.25) is 0 Å². The minimum atomic E-state index is 0.228. The molecule has 0 amide bonds. The van der Waals surface area contributed by atoms with Gasteiger partial charge in [0.25, 0.3) is 0 Å². The lowest BCUT2D eigenvalue weighted by Crippen LogP contribution is -2.38. The van der Waals surface area contributed by atoms with Crippen molar-refractivity contribution in [3.8, 4) is 5.75 Å². The molecule has 0 spiro atoms. The van der Waals surface area contributed by atoms with Crippen LogP contribution in [-0.2, 0) is 11.2 Å². The van der Waals surface area contributed by atoms with Gasteiger partial charge in [0.15, 0.2) is 0 Å². The highest BCUT2D eigenvalue weighted by molar-refractivity contribution is 5.28. The topological polar surface area (TPSA) is 47.7 Å². The van der Waals surface area contributed by atoms with Gasteiger partial charge in [-0.3, -0.25) is 4.90 Å². The molecule has 0 aromatic heterocycles. The second kappa shape index (κ2) is 8.25. The molecule has 0 radical (unpaired) electrons. The van der Waals surface area contributed by atoms with Gasteiger partial charge in [-0.05, 0) is 44.0 Å². The van der Waals surface area contributed by atoms with E-state index in [-0.39, 0.29) is 6.10 Å². The van der Waals surface area contributed by atoms with Crippen molar-refractivity contribution in [2.24, 2.45) is 5.73 Å². The molecule has 20 heavy (non-hydrogen) atoms. The fraction of sp³-hybridized carbons (Fsp3) is 0.625. The summed E-state index contributed by atoms with van der Waals surface area (Å²) in [7, 11) is 0. The molecule has 4 nitrogen and oxygen atoms in total. The summed E-state index contributed by atoms with van der Waals surface area (Å²) in [6.07, 6.45) is 2.17. The van der Waals surface area contributed by atoms with Crippen LogP contribution in [0.25, 0.3) is 0 Å². The minimum Gasteiger partial charge on any atom is -0.491 e.